The molecule has 100 valence electrons. The number of hydrogen-bond acceptors (Lipinski definition) is 3. The Balaban J connectivity index is 2.60. The second kappa shape index (κ2) is 6.99. The van der Waals surface area contributed by atoms with Crippen LogP contribution >= 0.6 is 0 Å². The zero-order valence-electron chi connectivity index (χ0n) is 11.6. The van der Waals surface area contributed by atoms with Gasteiger partial charge in [0.05, 0.1) is 7.11 Å². The van der Waals surface area contributed by atoms with Gasteiger partial charge in [-0.15, -0.1) is 0 Å². The SMILES string of the molecule is CCC[C@H](C)C(=O)NCc1ccc(C)nc1OC. The lowest BCUT2D eigenvalue weighted by Gasteiger charge is -2.12. The summed E-state index contributed by atoms with van der Waals surface area (Å²) in [5.74, 6) is 0.720. The van der Waals surface area contributed by atoms with Crippen molar-refractivity contribution in [2.24, 2.45) is 5.92 Å². The van der Waals surface area contributed by atoms with Crippen LogP contribution in [0.2, 0.25) is 0 Å². The molecule has 4 nitrogen and oxygen atoms in total. The number of ether oxygens (including phenoxy) is 1. The van der Waals surface area contributed by atoms with Crippen LogP contribution in [0.5, 0.6) is 5.88 Å². The summed E-state index contributed by atoms with van der Waals surface area (Å²) in [7, 11) is 1.59. The molecule has 0 saturated carbocycles. The molecule has 0 bridgehead atoms. The van der Waals surface area contributed by atoms with E-state index in [0.717, 1.165) is 24.1 Å². The molecule has 0 aliphatic rings. The molecule has 1 aromatic rings. The fourth-order valence-corrected chi connectivity index (χ4v) is 1.79. The third-order valence-corrected chi connectivity index (χ3v) is 2.89. The van der Waals surface area contributed by atoms with Gasteiger partial charge in [0.15, 0.2) is 0 Å². The van der Waals surface area contributed by atoms with E-state index in [4.69, 9.17) is 4.74 Å². The van der Waals surface area contributed by atoms with E-state index in [0.29, 0.717) is 12.4 Å². The van der Waals surface area contributed by atoms with E-state index in [2.05, 4.69) is 17.2 Å². The van der Waals surface area contributed by atoms with E-state index in [1.54, 1.807) is 7.11 Å². The number of carbonyl (C=O) groups is 1. The monoisotopic (exact) mass is 250 g/mol. The predicted molar refractivity (Wildman–Crippen MR) is 71.4 cm³/mol. The largest absolute Gasteiger partial charge is 0.481 e. The third-order valence-electron chi connectivity index (χ3n) is 2.89. The molecule has 0 aliphatic carbocycles. The standard InChI is InChI=1S/C14H22N2O2/c1-5-6-10(2)13(17)15-9-12-8-7-11(3)16-14(12)18-4/h7-8,10H,5-6,9H2,1-4H3,(H,15,17)/t10-/m0/s1. The van der Waals surface area contributed by atoms with Crippen molar-refractivity contribution in [1.82, 2.24) is 10.3 Å². The summed E-state index contributed by atoms with van der Waals surface area (Å²) in [5.41, 5.74) is 1.81. The van der Waals surface area contributed by atoms with E-state index in [1.807, 2.05) is 26.0 Å². The maximum atomic E-state index is 11.8. The minimum atomic E-state index is 0.0550. The molecule has 1 amide bonds. The number of rotatable bonds is 6. The van der Waals surface area contributed by atoms with E-state index >= 15 is 0 Å². The summed E-state index contributed by atoms with van der Waals surface area (Å²) in [6, 6.07) is 3.85. The molecule has 0 unspecified atom stereocenters. The number of methoxy groups -OCH3 is 1. The molecule has 1 heterocycles. The first-order valence-corrected chi connectivity index (χ1v) is 6.36. The minimum absolute atomic E-state index is 0.0550. The average Bonchev–Trinajstić information content (AvgIpc) is 2.37. The third kappa shape index (κ3) is 4.02. The molecule has 1 rings (SSSR count). The molecular weight excluding hydrogens is 228 g/mol. The Morgan fingerprint density at radius 2 is 2.22 bits per heavy atom. The van der Waals surface area contributed by atoms with Crippen LogP contribution in [0.25, 0.3) is 0 Å². The van der Waals surface area contributed by atoms with Crippen molar-refractivity contribution in [3.05, 3.63) is 23.4 Å². The smallest absolute Gasteiger partial charge is 0.223 e. The Morgan fingerprint density at radius 3 is 2.83 bits per heavy atom. The number of hydrogen-bond donors (Lipinski definition) is 1. The topological polar surface area (TPSA) is 51.2 Å². The van der Waals surface area contributed by atoms with Gasteiger partial charge in [0.25, 0.3) is 0 Å². The minimum Gasteiger partial charge on any atom is -0.481 e. The van der Waals surface area contributed by atoms with Crippen LogP contribution in [0.4, 0.5) is 0 Å². The number of amides is 1. The van der Waals surface area contributed by atoms with Crippen LogP contribution < -0.4 is 10.1 Å². The van der Waals surface area contributed by atoms with Gasteiger partial charge in [0.1, 0.15) is 0 Å². The fourth-order valence-electron chi connectivity index (χ4n) is 1.79. The molecule has 0 spiro atoms. The van der Waals surface area contributed by atoms with Crippen LogP contribution in [0.3, 0.4) is 0 Å². The van der Waals surface area contributed by atoms with Gasteiger partial charge in [0.2, 0.25) is 11.8 Å². The van der Waals surface area contributed by atoms with E-state index in [-0.39, 0.29) is 11.8 Å². The zero-order chi connectivity index (χ0) is 13.5. The average molecular weight is 250 g/mol. The van der Waals surface area contributed by atoms with Crippen LogP contribution in [-0.4, -0.2) is 18.0 Å². The Morgan fingerprint density at radius 1 is 1.50 bits per heavy atom. The molecule has 0 saturated heterocycles. The first-order chi connectivity index (χ1) is 8.58. The van der Waals surface area contributed by atoms with Gasteiger partial charge in [-0.05, 0) is 19.4 Å². The number of aromatic nitrogens is 1. The van der Waals surface area contributed by atoms with Gasteiger partial charge in [-0.3, -0.25) is 4.79 Å². The summed E-state index contributed by atoms with van der Waals surface area (Å²) >= 11 is 0. The fraction of sp³-hybridized carbons (Fsp3) is 0.571. The van der Waals surface area contributed by atoms with Crippen LogP contribution in [0, 0.1) is 12.8 Å². The zero-order valence-corrected chi connectivity index (χ0v) is 11.6. The molecule has 0 aliphatic heterocycles. The van der Waals surface area contributed by atoms with Crippen molar-refractivity contribution in [1.29, 1.82) is 0 Å². The molecule has 18 heavy (non-hydrogen) atoms. The van der Waals surface area contributed by atoms with Gasteiger partial charge in [-0.2, -0.15) is 0 Å². The van der Waals surface area contributed by atoms with Gasteiger partial charge in [0, 0.05) is 23.7 Å². The van der Waals surface area contributed by atoms with Gasteiger partial charge >= 0.3 is 0 Å². The van der Waals surface area contributed by atoms with Gasteiger partial charge in [-0.1, -0.05) is 26.3 Å². The number of aryl methyl sites for hydroxylation is 1. The second-order valence-electron chi connectivity index (χ2n) is 4.53. The van der Waals surface area contributed by atoms with Crippen molar-refractivity contribution in [3.63, 3.8) is 0 Å². The Kier molecular flexibility index (Phi) is 5.62. The lowest BCUT2D eigenvalue weighted by Crippen LogP contribution is -2.28. The highest BCUT2D eigenvalue weighted by Crippen LogP contribution is 2.15. The quantitative estimate of drug-likeness (QED) is 0.843. The Labute approximate surface area is 109 Å². The predicted octanol–water partition coefficient (Wildman–Crippen LogP) is 2.45. The summed E-state index contributed by atoms with van der Waals surface area (Å²) in [6.45, 7) is 6.40. The highest BCUT2D eigenvalue weighted by atomic mass is 16.5. The molecule has 0 fully saturated rings. The molecule has 1 atom stereocenters. The highest BCUT2D eigenvalue weighted by Gasteiger charge is 2.12. The summed E-state index contributed by atoms with van der Waals surface area (Å²) in [4.78, 5) is 16.1. The Hall–Kier alpha value is -1.58. The molecule has 1 N–H and O–H groups in total. The summed E-state index contributed by atoms with van der Waals surface area (Å²) in [6.07, 6.45) is 1.93. The number of nitrogens with one attached hydrogen (secondary N) is 1. The number of nitrogens with zero attached hydrogens (tertiary/aromatic N) is 1. The normalized spacial score (nSPS) is 12.0. The summed E-state index contributed by atoms with van der Waals surface area (Å²) < 4.78 is 5.20. The van der Waals surface area contributed by atoms with Crippen molar-refractivity contribution in [2.45, 2.75) is 40.2 Å². The lowest BCUT2D eigenvalue weighted by molar-refractivity contribution is -0.124. The van der Waals surface area contributed by atoms with Crippen molar-refractivity contribution in [2.75, 3.05) is 7.11 Å². The summed E-state index contributed by atoms with van der Waals surface area (Å²) in [5, 5.41) is 2.92. The first-order valence-electron chi connectivity index (χ1n) is 6.36. The highest BCUT2D eigenvalue weighted by molar-refractivity contribution is 5.78. The lowest BCUT2D eigenvalue weighted by atomic mass is 10.1. The molecular formula is C14H22N2O2. The van der Waals surface area contributed by atoms with Gasteiger partial charge in [-0.25, -0.2) is 4.98 Å². The molecule has 4 heteroatoms. The molecule has 0 aromatic carbocycles. The van der Waals surface area contributed by atoms with Crippen molar-refractivity contribution < 1.29 is 9.53 Å². The van der Waals surface area contributed by atoms with Crippen molar-refractivity contribution >= 4 is 5.91 Å². The number of carbonyl (C=O) groups excluding carboxylic acids is 1. The molecule has 0 radical (unpaired) electrons. The van der Waals surface area contributed by atoms with Gasteiger partial charge < -0.3 is 10.1 Å². The maximum absolute atomic E-state index is 11.8. The first kappa shape index (κ1) is 14.5. The number of pyridine rings is 1. The van der Waals surface area contributed by atoms with Crippen LogP contribution in [-0.2, 0) is 11.3 Å². The van der Waals surface area contributed by atoms with E-state index in [9.17, 15) is 4.79 Å². The van der Waals surface area contributed by atoms with Crippen LogP contribution in [0.15, 0.2) is 12.1 Å². The van der Waals surface area contributed by atoms with E-state index in [1.165, 1.54) is 0 Å². The van der Waals surface area contributed by atoms with Crippen molar-refractivity contribution in [3.8, 4) is 5.88 Å². The van der Waals surface area contributed by atoms with E-state index < -0.39 is 0 Å². The maximum Gasteiger partial charge on any atom is 0.223 e. The van der Waals surface area contributed by atoms with Crippen LogP contribution in [0.1, 0.15) is 37.9 Å². The second-order valence-corrected chi connectivity index (χ2v) is 4.53. The molecule has 1 aromatic heterocycles. The Bertz CT molecular complexity index is 405.